The third kappa shape index (κ3) is 6.33. The smallest absolute Gasteiger partial charge is 0.317 e. The van der Waals surface area contributed by atoms with E-state index in [2.05, 4.69) is 18.4 Å². The van der Waals surface area contributed by atoms with E-state index in [9.17, 15) is 26.7 Å². The van der Waals surface area contributed by atoms with Gasteiger partial charge < -0.3 is 5.11 Å². The molecule has 206 valence electrons. The SMILES string of the molecule is CC1CN(CC(=O)O)[C@H](c2ccccc2Cl)c2ccsc21.O=S(=O)(O)c1cccc2c(S(=O)(=O)O)cccc12. The Labute approximate surface area is 234 Å². The van der Waals surface area contributed by atoms with Gasteiger partial charge in [0.2, 0.25) is 0 Å². The van der Waals surface area contributed by atoms with Crippen LogP contribution < -0.4 is 0 Å². The summed E-state index contributed by atoms with van der Waals surface area (Å²) in [5.41, 5.74) is 2.17. The molecule has 0 amide bonds. The summed E-state index contributed by atoms with van der Waals surface area (Å²) in [4.78, 5) is 13.7. The number of nitrogens with zero attached hydrogens (tertiary/aromatic N) is 1. The molecule has 0 fully saturated rings. The van der Waals surface area contributed by atoms with E-state index in [1.807, 2.05) is 29.2 Å². The van der Waals surface area contributed by atoms with Crippen LogP contribution >= 0.6 is 22.9 Å². The van der Waals surface area contributed by atoms with E-state index in [1.165, 1.54) is 34.7 Å². The van der Waals surface area contributed by atoms with Crippen LogP contribution in [0.15, 0.2) is 81.9 Å². The van der Waals surface area contributed by atoms with Gasteiger partial charge in [0.1, 0.15) is 9.79 Å². The topological polar surface area (TPSA) is 149 Å². The Morgan fingerprint density at radius 1 is 0.897 bits per heavy atom. The fraction of sp³-hybridized carbons (Fsp3) is 0.192. The summed E-state index contributed by atoms with van der Waals surface area (Å²) >= 11 is 8.10. The highest BCUT2D eigenvalue weighted by Gasteiger charge is 2.35. The summed E-state index contributed by atoms with van der Waals surface area (Å²) in [6.45, 7) is 2.90. The zero-order chi connectivity index (χ0) is 28.5. The van der Waals surface area contributed by atoms with Crippen molar-refractivity contribution < 1.29 is 35.8 Å². The third-order valence-electron chi connectivity index (χ3n) is 6.28. The number of rotatable bonds is 5. The molecule has 2 heterocycles. The van der Waals surface area contributed by atoms with Gasteiger partial charge in [-0.15, -0.1) is 11.3 Å². The Balaban J connectivity index is 0.000000183. The number of hydrogen-bond acceptors (Lipinski definition) is 7. The monoisotopic (exact) mass is 609 g/mol. The molecule has 0 radical (unpaired) electrons. The second kappa shape index (κ2) is 11.3. The van der Waals surface area contributed by atoms with Crippen LogP contribution in [0, 0.1) is 0 Å². The number of carboxylic acids is 1. The van der Waals surface area contributed by atoms with Crippen molar-refractivity contribution in [3.05, 3.63) is 93.1 Å². The average Bonchev–Trinajstić information content (AvgIpc) is 3.34. The lowest BCUT2D eigenvalue weighted by Gasteiger charge is -2.38. The number of halogens is 1. The highest BCUT2D eigenvalue weighted by Crippen LogP contribution is 2.43. The minimum Gasteiger partial charge on any atom is -0.480 e. The first-order valence-electron chi connectivity index (χ1n) is 11.5. The fourth-order valence-corrected chi connectivity index (χ4v) is 7.42. The van der Waals surface area contributed by atoms with Gasteiger partial charge in [0.05, 0.1) is 12.6 Å². The van der Waals surface area contributed by atoms with Crippen molar-refractivity contribution in [3.63, 3.8) is 0 Å². The van der Waals surface area contributed by atoms with Gasteiger partial charge in [-0.1, -0.05) is 61.0 Å². The first-order chi connectivity index (χ1) is 18.3. The molecule has 1 unspecified atom stereocenters. The Morgan fingerprint density at radius 2 is 1.46 bits per heavy atom. The summed E-state index contributed by atoms with van der Waals surface area (Å²) in [6, 6.07) is 17.2. The zero-order valence-electron chi connectivity index (χ0n) is 20.4. The molecule has 4 aromatic rings. The predicted molar refractivity (Wildman–Crippen MR) is 149 cm³/mol. The molecule has 1 aromatic heterocycles. The molecule has 13 heteroatoms. The van der Waals surface area contributed by atoms with Crippen LogP contribution in [-0.4, -0.2) is 55.0 Å². The molecular formula is C26H24ClNO8S3. The molecule has 9 nitrogen and oxygen atoms in total. The van der Waals surface area contributed by atoms with Crippen LogP contribution in [0.3, 0.4) is 0 Å². The summed E-state index contributed by atoms with van der Waals surface area (Å²) in [6.07, 6.45) is 0. The Bertz CT molecular complexity index is 1680. The molecule has 0 saturated carbocycles. The minimum atomic E-state index is -4.47. The molecule has 1 aliphatic rings. The Kier molecular flexibility index (Phi) is 8.47. The van der Waals surface area contributed by atoms with Gasteiger partial charge >= 0.3 is 5.97 Å². The molecule has 0 spiro atoms. The summed E-state index contributed by atoms with van der Waals surface area (Å²) < 4.78 is 62.7. The molecule has 3 N–H and O–H groups in total. The van der Waals surface area contributed by atoms with E-state index >= 15 is 0 Å². The van der Waals surface area contributed by atoms with Gasteiger partial charge in [-0.25, -0.2) is 0 Å². The van der Waals surface area contributed by atoms with E-state index in [-0.39, 0.29) is 23.4 Å². The number of carboxylic acid groups (broad SMARTS) is 1. The lowest BCUT2D eigenvalue weighted by molar-refractivity contribution is -0.138. The van der Waals surface area contributed by atoms with Crippen molar-refractivity contribution in [3.8, 4) is 0 Å². The summed E-state index contributed by atoms with van der Waals surface area (Å²) in [5, 5.41) is 12.0. The first-order valence-corrected chi connectivity index (χ1v) is 15.7. The maximum absolute atomic E-state index is 11.2. The van der Waals surface area contributed by atoms with Crippen LogP contribution in [0.4, 0.5) is 0 Å². The fourth-order valence-electron chi connectivity index (χ4n) is 4.79. The average molecular weight is 610 g/mol. The van der Waals surface area contributed by atoms with E-state index in [0.29, 0.717) is 10.9 Å². The van der Waals surface area contributed by atoms with Crippen molar-refractivity contribution in [2.24, 2.45) is 0 Å². The van der Waals surface area contributed by atoms with Gasteiger partial charge in [0.25, 0.3) is 20.2 Å². The predicted octanol–water partition coefficient (Wildman–Crippen LogP) is 5.33. The Morgan fingerprint density at radius 3 is 1.97 bits per heavy atom. The molecule has 0 bridgehead atoms. The van der Waals surface area contributed by atoms with Crippen molar-refractivity contribution in [1.29, 1.82) is 0 Å². The van der Waals surface area contributed by atoms with Gasteiger partial charge in [-0.05, 0) is 40.8 Å². The third-order valence-corrected chi connectivity index (χ3v) is 9.61. The lowest BCUT2D eigenvalue weighted by Crippen LogP contribution is -2.40. The number of aliphatic carboxylic acids is 1. The van der Waals surface area contributed by atoms with Crippen LogP contribution in [0.25, 0.3) is 10.8 Å². The van der Waals surface area contributed by atoms with E-state index in [1.54, 1.807) is 11.3 Å². The van der Waals surface area contributed by atoms with E-state index in [4.69, 9.17) is 20.7 Å². The van der Waals surface area contributed by atoms with Gasteiger partial charge in [0.15, 0.2) is 0 Å². The maximum Gasteiger partial charge on any atom is 0.317 e. The second-order valence-corrected chi connectivity index (χ2v) is 13.1. The van der Waals surface area contributed by atoms with Crippen LogP contribution in [0.5, 0.6) is 0 Å². The normalized spacial score (nSPS) is 17.7. The Hall–Kier alpha value is -2.84. The highest BCUT2D eigenvalue weighted by atomic mass is 35.5. The molecule has 0 aliphatic carbocycles. The number of thiophene rings is 1. The highest BCUT2D eigenvalue weighted by molar-refractivity contribution is 7.86. The van der Waals surface area contributed by atoms with Crippen LogP contribution in [0.2, 0.25) is 5.02 Å². The lowest BCUT2D eigenvalue weighted by atomic mass is 9.89. The van der Waals surface area contributed by atoms with E-state index in [0.717, 1.165) is 24.2 Å². The number of benzene rings is 3. The maximum atomic E-state index is 11.2. The molecule has 2 atom stereocenters. The molecule has 5 rings (SSSR count). The molecule has 39 heavy (non-hydrogen) atoms. The number of carbonyl (C=O) groups is 1. The van der Waals surface area contributed by atoms with Gasteiger partial charge in [-0.2, -0.15) is 16.8 Å². The molecule has 3 aromatic carbocycles. The van der Waals surface area contributed by atoms with Crippen molar-refractivity contribution >= 4 is 59.9 Å². The van der Waals surface area contributed by atoms with Gasteiger partial charge in [0, 0.05) is 33.1 Å². The number of hydrogen-bond donors (Lipinski definition) is 3. The van der Waals surface area contributed by atoms with E-state index < -0.39 is 36.0 Å². The van der Waals surface area contributed by atoms with Crippen LogP contribution in [-0.2, 0) is 25.0 Å². The zero-order valence-corrected chi connectivity index (χ0v) is 23.6. The molecule has 1 aliphatic heterocycles. The molecular weight excluding hydrogens is 586 g/mol. The van der Waals surface area contributed by atoms with Crippen LogP contribution in [0.1, 0.15) is 34.9 Å². The molecule has 0 saturated heterocycles. The van der Waals surface area contributed by atoms with Crippen molar-refractivity contribution in [1.82, 2.24) is 4.90 Å². The summed E-state index contributed by atoms with van der Waals surface area (Å²) in [5.74, 6) is -0.462. The standard InChI is InChI=1S/C16H16ClNO2S.C10H8O6S2/c1-10-8-18(9-14(19)20)15(12-6-7-21-16(10)12)11-4-2-3-5-13(11)17;11-17(12,13)9-5-1-3-7-8(9)4-2-6-10(7)18(14,15)16/h2-7,10,15H,8-9H2,1H3,(H,19,20);1-6H,(H,11,12,13)(H,14,15,16)/t10?,15-;/m1./s1. The summed E-state index contributed by atoms with van der Waals surface area (Å²) in [7, 11) is -8.94. The first kappa shape index (κ1) is 29.2. The quantitative estimate of drug-likeness (QED) is 0.255. The number of fused-ring (bicyclic) bond motifs is 2. The van der Waals surface area contributed by atoms with Crippen molar-refractivity contribution in [2.75, 3.05) is 13.1 Å². The van der Waals surface area contributed by atoms with Gasteiger partial charge in [-0.3, -0.25) is 18.8 Å². The van der Waals surface area contributed by atoms with Crippen molar-refractivity contribution in [2.45, 2.75) is 28.7 Å². The second-order valence-electron chi connectivity index (χ2n) is 8.95. The minimum absolute atomic E-state index is 0.0233. The largest absolute Gasteiger partial charge is 0.480 e.